The lowest BCUT2D eigenvalue weighted by atomic mass is 9.33. The van der Waals surface area contributed by atoms with Crippen molar-refractivity contribution in [3.05, 3.63) is 130 Å². The molecule has 2 atom stereocenters. The summed E-state index contributed by atoms with van der Waals surface area (Å²) in [6, 6.07) is 28.4. The highest BCUT2D eigenvalue weighted by atomic mass is 32.2. The molecule has 4 aliphatic heterocycles. The van der Waals surface area contributed by atoms with Crippen molar-refractivity contribution < 1.29 is 27.6 Å². The number of benzene rings is 4. The molecule has 3 N–H and O–H groups in total. The lowest BCUT2D eigenvalue weighted by Gasteiger charge is -2.72. The Morgan fingerprint density at radius 2 is 1.51 bits per heavy atom. The molecule has 4 amide bonds. The summed E-state index contributed by atoms with van der Waals surface area (Å²) in [4.78, 5) is 63.8. The van der Waals surface area contributed by atoms with E-state index in [1.165, 1.54) is 49.0 Å². The Labute approximate surface area is 478 Å². The van der Waals surface area contributed by atoms with E-state index in [0.29, 0.717) is 40.3 Å². The average Bonchev–Trinajstić information content (AvgIpc) is 3.79. The summed E-state index contributed by atoms with van der Waals surface area (Å²) in [7, 11) is -4.14. The van der Waals surface area contributed by atoms with Gasteiger partial charge in [-0.25, -0.2) is 13.1 Å². The fraction of sp³-hybridized carbons (Fsp3) is 0.531. The summed E-state index contributed by atoms with van der Waals surface area (Å²) in [6.45, 7) is 20.6. The SMILES string of the molecule is Cc1cc(S(=O)(=O)NC(=O)c2ccc(N3CCN(CC4=C(C56CC(C)(C5)C6)CC(C)(C)CC4)CC3)cc2)ccc1N[C@H](CCN1CCN(CCCCc2ccc3c(c2)CN(C2CCC(=O)NC2=O)C3=O)CC1)CSc1ccccc1. The molecule has 426 valence electrons. The van der Waals surface area contributed by atoms with Crippen LogP contribution in [0, 0.1) is 23.2 Å². The van der Waals surface area contributed by atoms with Crippen molar-refractivity contribution in [3.63, 3.8) is 0 Å². The van der Waals surface area contributed by atoms with Crippen LogP contribution in [0.2, 0.25) is 0 Å². The third-order valence-electron chi connectivity index (χ3n) is 18.7. The van der Waals surface area contributed by atoms with Gasteiger partial charge >= 0.3 is 0 Å². The van der Waals surface area contributed by atoms with E-state index < -0.39 is 22.0 Å². The van der Waals surface area contributed by atoms with Crippen LogP contribution in [0.3, 0.4) is 0 Å². The number of nitrogens with zero attached hydrogens (tertiary/aromatic N) is 5. The van der Waals surface area contributed by atoms with Crippen LogP contribution in [0.15, 0.2) is 112 Å². The van der Waals surface area contributed by atoms with Crippen molar-refractivity contribution in [2.75, 3.05) is 88.0 Å². The normalized spacial score (nSPS) is 24.7. The number of piperazine rings is 2. The molecule has 4 aromatic carbocycles. The molecule has 4 aliphatic carbocycles. The number of hydrogen-bond acceptors (Lipinski definition) is 12. The van der Waals surface area contributed by atoms with Crippen molar-refractivity contribution in [2.24, 2.45) is 16.2 Å². The van der Waals surface area contributed by atoms with Gasteiger partial charge < -0.3 is 24.9 Å². The van der Waals surface area contributed by atoms with Crippen molar-refractivity contribution in [3.8, 4) is 0 Å². The molecule has 3 saturated heterocycles. The van der Waals surface area contributed by atoms with Crippen LogP contribution < -0.4 is 20.3 Å². The predicted octanol–water partition coefficient (Wildman–Crippen LogP) is 9.30. The Morgan fingerprint density at radius 3 is 2.21 bits per heavy atom. The number of anilines is 2. The molecule has 6 fully saturated rings. The molecule has 8 aliphatic rings. The number of thioether (sulfide) groups is 1. The molecule has 3 saturated carbocycles. The van der Waals surface area contributed by atoms with Crippen molar-refractivity contribution in [1.29, 1.82) is 0 Å². The zero-order chi connectivity index (χ0) is 55.8. The van der Waals surface area contributed by atoms with Gasteiger partial charge in [0, 0.05) is 118 Å². The van der Waals surface area contributed by atoms with Crippen LogP contribution in [0.5, 0.6) is 0 Å². The van der Waals surface area contributed by atoms with E-state index in [9.17, 15) is 27.6 Å². The van der Waals surface area contributed by atoms with Crippen LogP contribution in [-0.4, -0.2) is 141 Å². The number of carbonyl (C=O) groups is 4. The van der Waals surface area contributed by atoms with Gasteiger partial charge in [0.15, 0.2) is 0 Å². The van der Waals surface area contributed by atoms with Crippen molar-refractivity contribution >= 4 is 56.8 Å². The monoisotopic (exact) mass is 1120 g/mol. The number of imide groups is 1. The quantitative estimate of drug-likeness (QED) is 0.0315. The first-order valence-electron chi connectivity index (χ1n) is 29.5. The molecule has 80 heavy (non-hydrogen) atoms. The van der Waals surface area contributed by atoms with E-state index in [2.05, 4.69) is 86.1 Å². The molecule has 14 nitrogen and oxygen atoms in total. The molecular weight excluding hydrogens is 1040 g/mol. The first-order valence-corrected chi connectivity index (χ1v) is 32.0. The second-order valence-corrected chi connectivity index (χ2v) is 28.3. The number of hydrogen-bond donors (Lipinski definition) is 3. The van der Waals surface area contributed by atoms with Crippen LogP contribution >= 0.6 is 11.8 Å². The maximum absolute atomic E-state index is 13.7. The number of amides is 4. The molecule has 1 unspecified atom stereocenters. The van der Waals surface area contributed by atoms with E-state index in [1.54, 1.807) is 34.7 Å². The van der Waals surface area contributed by atoms with Crippen molar-refractivity contribution in [2.45, 2.75) is 133 Å². The Balaban J connectivity index is 0.626. The predicted molar refractivity (Wildman–Crippen MR) is 317 cm³/mol. The largest absolute Gasteiger partial charge is 0.381 e. The van der Waals surface area contributed by atoms with Crippen LogP contribution in [0.25, 0.3) is 0 Å². The van der Waals surface area contributed by atoms with Gasteiger partial charge in [-0.05, 0) is 178 Å². The lowest BCUT2D eigenvalue weighted by Crippen LogP contribution is -2.61. The number of nitrogens with one attached hydrogen (secondary N) is 3. The maximum atomic E-state index is 13.7. The summed E-state index contributed by atoms with van der Waals surface area (Å²) in [5.41, 5.74) is 10.9. The minimum absolute atomic E-state index is 0.0517. The van der Waals surface area contributed by atoms with Gasteiger partial charge in [0.1, 0.15) is 6.04 Å². The summed E-state index contributed by atoms with van der Waals surface area (Å²) in [5.74, 6) is -0.609. The third-order valence-corrected chi connectivity index (χ3v) is 21.2. The number of carbonyl (C=O) groups excluding carboxylic acids is 4. The van der Waals surface area contributed by atoms with Gasteiger partial charge in [0.25, 0.3) is 21.8 Å². The highest BCUT2D eigenvalue weighted by Gasteiger charge is 2.67. The number of unbranched alkanes of at least 4 members (excludes halogenated alkanes) is 1. The molecule has 0 radical (unpaired) electrons. The summed E-state index contributed by atoms with van der Waals surface area (Å²) in [5, 5.41) is 6.15. The van der Waals surface area contributed by atoms with Gasteiger partial charge in [-0.15, -0.1) is 11.8 Å². The molecule has 16 heteroatoms. The highest BCUT2D eigenvalue weighted by molar-refractivity contribution is 7.99. The minimum Gasteiger partial charge on any atom is -0.381 e. The average molecular weight is 1120 g/mol. The van der Waals surface area contributed by atoms with E-state index in [1.807, 2.05) is 60.7 Å². The number of sulfonamides is 1. The van der Waals surface area contributed by atoms with Gasteiger partial charge in [0.2, 0.25) is 11.8 Å². The first-order chi connectivity index (χ1) is 38.4. The number of aryl methyl sites for hydroxylation is 2. The van der Waals surface area contributed by atoms with Crippen LogP contribution in [-0.2, 0) is 32.6 Å². The number of piperidine rings is 1. The van der Waals surface area contributed by atoms with Crippen LogP contribution in [0.1, 0.15) is 129 Å². The van der Waals surface area contributed by atoms with Gasteiger partial charge in [-0.3, -0.25) is 29.4 Å². The van der Waals surface area contributed by atoms with E-state index in [-0.39, 0.29) is 35.1 Å². The van der Waals surface area contributed by atoms with E-state index in [0.717, 1.165) is 126 Å². The van der Waals surface area contributed by atoms with E-state index >= 15 is 0 Å². The zero-order valence-corrected chi connectivity index (χ0v) is 49.1. The molecular formula is C64H82N8O6S2. The van der Waals surface area contributed by atoms with Gasteiger partial charge in [0.05, 0.1) is 4.90 Å². The Kier molecular flexibility index (Phi) is 16.5. The second kappa shape index (κ2) is 23.4. The Hall–Kier alpha value is -5.52. The lowest BCUT2D eigenvalue weighted by molar-refractivity contribution is -0.167. The molecule has 0 aromatic heterocycles. The first kappa shape index (κ1) is 56.3. The molecule has 0 spiro atoms. The highest BCUT2D eigenvalue weighted by Crippen LogP contribution is 2.77. The summed E-state index contributed by atoms with van der Waals surface area (Å²) >= 11 is 1.81. The van der Waals surface area contributed by atoms with Gasteiger partial charge in [-0.2, -0.15) is 0 Å². The minimum atomic E-state index is -4.14. The van der Waals surface area contributed by atoms with Crippen molar-refractivity contribution in [1.82, 2.24) is 29.6 Å². The fourth-order valence-electron chi connectivity index (χ4n) is 14.3. The number of rotatable bonds is 21. The van der Waals surface area contributed by atoms with E-state index in [4.69, 9.17) is 0 Å². The standard InChI is InChI=1S/C64H82N8O6S2/c1-45-36-53(80(77,78)67-59(74)47-14-16-51(17-15-47)71-34-32-70(33-35-71)39-48-23-25-62(2,3)38-55(48)64-42-63(4,43-64)44-64)18-20-56(45)65-50(41-79-52-11-6-5-7-12-52)24-27-69-30-28-68(29-31-69)26-9-8-10-46-13-19-54-49(37-46)40-72(61(54)76)57-21-22-58(73)66-60(57)75/h5-7,11-20,36-37,50,57,65H,8-10,21-35,38-44H2,1-4H3,(H,67,74)(H,66,73,75)/t50-,57?,63?,64?/m1/s1. The maximum Gasteiger partial charge on any atom is 0.264 e. The molecule has 4 aromatic rings. The summed E-state index contributed by atoms with van der Waals surface area (Å²) in [6.07, 6.45) is 12.5. The fourth-order valence-corrected chi connectivity index (χ4v) is 16.4. The van der Waals surface area contributed by atoms with Crippen LogP contribution in [0.4, 0.5) is 11.4 Å². The summed E-state index contributed by atoms with van der Waals surface area (Å²) < 4.78 is 29.8. The molecule has 4 heterocycles. The Morgan fingerprint density at radius 1 is 0.800 bits per heavy atom. The zero-order valence-electron chi connectivity index (χ0n) is 47.5. The number of fused-ring (bicyclic) bond motifs is 1. The molecule has 2 bridgehead atoms. The second-order valence-electron chi connectivity index (χ2n) is 25.6. The third kappa shape index (κ3) is 12.7. The number of allylic oxidation sites excluding steroid dienone is 1. The Bertz CT molecular complexity index is 3090. The smallest absolute Gasteiger partial charge is 0.264 e. The van der Waals surface area contributed by atoms with Gasteiger partial charge in [-0.1, -0.05) is 62.2 Å². The topological polar surface area (TPSA) is 155 Å². The molecule has 12 rings (SSSR count).